The molecule has 3 N–H and O–H groups in total. The Bertz CT molecular complexity index is 296. The molecule has 0 fully saturated rings. The number of aliphatic hydroxyl groups is 1. The minimum absolute atomic E-state index is 0.0181. The van der Waals surface area contributed by atoms with Gasteiger partial charge in [0.25, 0.3) is 0 Å². The van der Waals surface area contributed by atoms with Gasteiger partial charge in [0.15, 0.2) is 0 Å². The van der Waals surface area contributed by atoms with E-state index in [0.29, 0.717) is 11.6 Å². The molecule has 0 aliphatic heterocycles. The van der Waals surface area contributed by atoms with Crippen molar-refractivity contribution < 1.29 is 9.84 Å². The summed E-state index contributed by atoms with van der Waals surface area (Å²) in [5, 5.41) is 12.9. The Morgan fingerprint density at radius 1 is 1.57 bits per heavy atom. The van der Waals surface area contributed by atoms with Crippen LogP contribution in [0.5, 0.6) is 5.88 Å². The van der Waals surface area contributed by atoms with Crippen molar-refractivity contribution in [2.45, 2.75) is 26.8 Å². The third kappa shape index (κ3) is 2.17. The average molecular weight is 199 g/mol. The third-order valence-corrected chi connectivity index (χ3v) is 1.89. The lowest BCUT2D eigenvalue weighted by Crippen LogP contribution is -2.09. The summed E-state index contributed by atoms with van der Waals surface area (Å²) >= 11 is 0. The highest BCUT2D eigenvalue weighted by atomic mass is 16.5. The van der Waals surface area contributed by atoms with E-state index in [1.54, 1.807) is 4.68 Å². The van der Waals surface area contributed by atoms with E-state index in [2.05, 4.69) is 12.0 Å². The Labute approximate surface area is 83.5 Å². The van der Waals surface area contributed by atoms with Crippen LogP contribution in [0.3, 0.4) is 0 Å². The summed E-state index contributed by atoms with van der Waals surface area (Å²) in [5.74, 6) is 0.568. The lowest BCUT2D eigenvalue weighted by atomic mass is 10.4. The molecule has 5 nitrogen and oxygen atoms in total. The molecular formula is C9H17N3O2. The first kappa shape index (κ1) is 10.8. The van der Waals surface area contributed by atoms with Gasteiger partial charge >= 0.3 is 0 Å². The zero-order chi connectivity index (χ0) is 10.6. The molecule has 1 rings (SSSR count). The molecule has 0 aromatic carbocycles. The molecule has 5 heteroatoms. The van der Waals surface area contributed by atoms with E-state index in [1.807, 2.05) is 6.92 Å². The Morgan fingerprint density at radius 2 is 2.29 bits per heavy atom. The van der Waals surface area contributed by atoms with Crippen LogP contribution in [-0.2, 0) is 6.54 Å². The fraction of sp³-hybridized carbons (Fsp3) is 0.667. The molecule has 0 saturated heterocycles. The highest BCUT2D eigenvalue weighted by Crippen LogP contribution is 2.24. The maximum absolute atomic E-state index is 8.65. The van der Waals surface area contributed by atoms with Gasteiger partial charge < -0.3 is 15.6 Å². The van der Waals surface area contributed by atoms with Gasteiger partial charge in [-0.15, -0.1) is 0 Å². The van der Waals surface area contributed by atoms with E-state index in [-0.39, 0.29) is 13.2 Å². The van der Waals surface area contributed by atoms with Crippen LogP contribution in [0.25, 0.3) is 0 Å². The fourth-order valence-corrected chi connectivity index (χ4v) is 1.23. The molecule has 1 heterocycles. The van der Waals surface area contributed by atoms with Gasteiger partial charge in [-0.3, -0.25) is 0 Å². The van der Waals surface area contributed by atoms with Crippen LogP contribution in [0.2, 0.25) is 0 Å². The van der Waals surface area contributed by atoms with Gasteiger partial charge in [0.1, 0.15) is 12.3 Å². The van der Waals surface area contributed by atoms with Gasteiger partial charge in [0.05, 0.1) is 12.3 Å². The first-order valence-electron chi connectivity index (χ1n) is 4.77. The number of hydrogen-bond donors (Lipinski definition) is 2. The summed E-state index contributed by atoms with van der Waals surface area (Å²) < 4.78 is 7.05. The number of anilines is 1. The van der Waals surface area contributed by atoms with E-state index in [1.165, 1.54) is 0 Å². The third-order valence-electron chi connectivity index (χ3n) is 1.89. The summed E-state index contributed by atoms with van der Waals surface area (Å²) in [6.45, 7) is 4.91. The number of rotatable bonds is 5. The summed E-state index contributed by atoms with van der Waals surface area (Å²) in [4.78, 5) is 0. The van der Waals surface area contributed by atoms with E-state index in [4.69, 9.17) is 15.6 Å². The van der Waals surface area contributed by atoms with Crippen LogP contribution in [0.1, 0.15) is 19.0 Å². The van der Waals surface area contributed by atoms with Gasteiger partial charge in [-0.05, 0) is 13.3 Å². The molecule has 0 bridgehead atoms. The largest absolute Gasteiger partial charge is 0.474 e. The second-order valence-electron chi connectivity index (χ2n) is 3.10. The van der Waals surface area contributed by atoms with Crippen molar-refractivity contribution in [2.24, 2.45) is 0 Å². The molecule has 80 valence electrons. The monoisotopic (exact) mass is 199 g/mol. The predicted octanol–water partition coefficient (Wildman–Crippen LogP) is 0.555. The number of nitrogen functional groups attached to an aromatic ring is 1. The number of aliphatic hydroxyl groups excluding tert-OH is 1. The first-order valence-corrected chi connectivity index (χ1v) is 4.77. The SMILES string of the molecule is CCCn1nc(C)c(N)c1OCCO. The van der Waals surface area contributed by atoms with Gasteiger partial charge in [-0.1, -0.05) is 6.92 Å². The summed E-state index contributed by atoms with van der Waals surface area (Å²) in [6.07, 6.45) is 0.968. The molecule has 0 amide bonds. The molecule has 0 spiro atoms. The quantitative estimate of drug-likeness (QED) is 0.726. The molecule has 0 atom stereocenters. The number of nitrogens with two attached hydrogens (primary N) is 1. The molecule has 1 aromatic heterocycles. The van der Waals surface area contributed by atoms with Crippen LogP contribution in [-0.4, -0.2) is 28.1 Å². The Balaban J connectivity index is 2.85. The minimum Gasteiger partial charge on any atom is -0.474 e. The van der Waals surface area contributed by atoms with E-state index >= 15 is 0 Å². The van der Waals surface area contributed by atoms with Crippen LogP contribution in [0, 0.1) is 6.92 Å². The molecule has 0 aliphatic carbocycles. The summed E-state index contributed by atoms with van der Waals surface area (Å²) in [5.41, 5.74) is 7.12. The average Bonchev–Trinajstić information content (AvgIpc) is 2.42. The standard InChI is InChI=1S/C9H17N3O2/c1-3-4-12-9(14-6-5-13)8(10)7(2)11-12/h13H,3-6,10H2,1-2H3. The summed E-state index contributed by atoms with van der Waals surface area (Å²) in [7, 11) is 0. The van der Waals surface area contributed by atoms with Crippen LogP contribution < -0.4 is 10.5 Å². The zero-order valence-electron chi connectivity index (χ0n) is 8.66. The number of aryl methyl sites for hydroxylation is 2. The molecule has 0 saturated carbocycles. The van der Waals surface area contributed by atoms with Crippen molar-refractivity contribution in [3.8, 4) is 5.88 Å². The second-order valence-corrected chi connectivity index (χ2v) is 3.10. The van der Waals surface area contributed by atoms with Gasteiger partial charge in [-0.25, -0.2) is 4.68 Å². The second kappa shape index (κ2) is 4.85. The van der Waals surface area contributed by atoms with Crippen molar-refractivity contribution in [2.75, 3.05) is 18.9 Å². The maximum atomic E-state index is 8.65. The highest BCUT2D eigenvalue weighted by molar-refractivity contribution is 5.52. The topological polar surface area (TPSA) is 73.3 Å². The molecular weight excluding hydrogens is 182 g/mol. The van der Waals surface area contributed by atoms with Crippen molar-refractivity contribution in [3.63, 3.8) is 0 Å². The molecule has 0 unspecified atom stereocenters. The first-order chi connectivity index (χ1) is 6.70. The molecule has 0 radical (unpaired) electrons. The van der Waals surface area contributed by atoms with Crippen LogP contribution >= 0.6 is 0 Å². The van der Waals surface area contributed by atoms with Crippen molar-refractivity contribution in [1.29, 1.82) is 0 Å². The fourth-order valence-electron chi connectivity index (χ4n) is 1.23. The highest BCUT2D eigenvalue weighted by Gasteiger charge is 2.12. The maximum Gasteiger partial charge on any atom is 0.236 e. The smallest absolute Gasteiger partial charge is 0.236 e. The van der Waals surface area contributed by atoms with Crippen molar-refractivity contribution in [3.05, 3.63) is 5.69 Å². The molecule has 14 heavy (non-hydrogen) atoms. The van der Waals surface area contributed by atoms with Gasteiger partial charge in [0.2, 0.25) is 5.88 Å². The molecule has 0 aliphatic rings. The lowest BCUT2D eigenvalue weighted by molar-refractivity contribution is 0.190. The van der Waals surface area contributed by atoms with E-state index in [0.717, 1.165) is 18.7 Å². The van der Waals surface area contributed by atoms with Crippen molar-refractivity contribution in [1.82, 2.24) is 9.78 Å². The van der Waals surface area contributed by atoms with Gasteiger partial charge in [-0.2, -0.15) is 5.10 Å². The normalized spacial score (nSPS) is 10.5. The summed E-state index contributed by atoms with van der Waals surface area (Å²) in [6, 6.07) is 0. The van der Waals surface area contributed by atoms with Crippen molar-refractivity contribution >= 4 is 5.69 Å². The van der Waals surface area contributed by atoms with Crippen LogP contribution in [0.4, 0.5) is 5.69 Å². The minimum atomic E-state index is -0.0181. The molecule has 1 aromatic rings. The Hall–Kier alpha value is -1.23. The van der Waals surface area contributed by atoms with E-state index in [9.17, 15) is 0 Å². The lowest BCUT2D eigenvalue weighted by Gasteiger charge is -2.07. The number of aromatic nitrogens is 2. The van der Waals surface area contributed by atoms with E-state index < -0.39 is 0 Å². The Morgan fingerprint density at radius 3 is 2.86 bits per heavy atom. The zero-order valence-corrected chi connectivity index (χ0v) is 8.66. The number of ether oxygens (including phenoxy) is 1. The Kier molecular flexibility index (Phi) is 3.76. The van der Waals surface area contributed by atoms with Gasteiger partial charge in [0, 0.05) is 6.54 Å². The number of hydrogen-bond acceptors (Lipinski definition) is 4. The van der Waals surface area contributed by atoms with Crippen LogP contribution in [0.15, 0.2) is 0 Å². The predicted molar refractivity (Wildman–Crippen MR) is 54.2 cm³/mol. The number of nitrogens with zero attached hydrogens (tertiary/aromatic N) is 2.